The van der Waals surface area contributed by atoms with Crippen LogP contribution in [-0.2, 0) is 0 Å². The molecule has 0 saturated heterocycles. The first kappa shape index (κ1) is 9.30. The zero-order chi connectivity index (χ0) is 9.26. The summed E-state index contributed by atoms with van der Waals surface area (Å²) in [5, 5.41) is 0. The van der Waals surface area contributed by atoms with Gasteiger partial charge >= 0.3 is 0 Å². The molecule has 0 heterocycles. The summed E-state index contributed by atoms with van der Waals surface area (Å²) in [6.07, 6.45) is 10.3. The second-order valence-electron chi connectivity index (χ2n) is 5.01. The summed E-state index contributed by atoms with van der Waals surface area (Å²) in [5.74, 6) is 2.02. The van der Waals surface area contributed by atoms with Gasteiger partial charge in [0, 0.05) is 0 Å². The molecular weight excluding hydrogens is 156 g/mol. The molecule has 1 atom stereocenters. The molecule has 13 heavy (non-hydrogen) atoms. The van der Waals surface area contributed by atoms with E-state index in [1.54, 1.807) is 11.1 Å². The van der Waals surface area contributed by atoms with E-state index in [1.165, 1.54) is 44.9 Å². The van der Waals surface area contributed by atoms with Crippen LogP contribution in [0.1, 0.15) is 58.8 Å². The van der Waals surface area contributed by atoms with Gasteiger partial charge in [-0.05, 0) is 51.4 Å². The van der Waals surface area contributed by atoms with Crippen LogP contribution in [0.3, 0.4) is 0 Å². The first-order valence-electron chi connectivity index (χ1n) is 5.95. The summed E-state index contributed by atoms with van der Waals surface area (Å²) in [6.45, 7) is 4.71. The number of rotatable bonds is 1. The van der Waals surface area contributed by atoms with Gasteiger partial charge in [-0.25, -0.2) is 0 Å². The summed E-state index contributed by atoms with van der Waals surface area (Å²) in [6, 6.07) is 0. The molecule has 0 aliphatic heterocycles. The van der Waals surface area contributed by atoms with Crippen molar-refractivity contribution >= 4 is 0 Å². The molecule has 0 aromatic rings. The van der Waals surface area contributed by atoms with Crippen molar-refractivity contribution in [2.24, 2.45) is 11.8 Å². The summed E-state index contributed by atoms with van der Waals surface area (Å²) in [5.41, 5.74) is 3.43. The maximum Gasteiger partial charge on any atom is -0.0172 e. The van der Waals surface area contributed by atoms with Gasteiger partial charge in [-0.2, -0.15) is 0 Å². The van der Waals surface area contributed by atoms with E-state index in [0.717, 1.165) is 11.8 Å². The third kappa shape index (κ3) is 1.82. The maximum absolute atomic E-state index is 2.38. The molecule has 0 aromatic carbocycles. The van der Waals surface area contributed by atoms with Crippen LogP contribution < -0.4 is 0 Å². The van der Waals surface area contributed by atoms with E-state index in [9.17, 15) is 0 Å². The van der Waals surface area contributed by atoms with Gasteiger partial charge < -0.3 is 0 Å². The molecule has 74 valence electrons. The minimum absolute atomic E-state index is 0.972. The smallest absolute Gasteiger partial charge is 0.0172 e. The van der Waals surface area contributed by atoms with E-state index in [4.69, 9.17) is 0 Å². The third-order valence-corrected chi connectivity index (χ3v) is 4.28. The van der Waals surface area contributed by atoms with Crippen LogP contribution in [0.15, 0.2) is 11.1 Å². The van der Waals surface area contributed by atoms with Crippen molar-refractivity contribution in [3.8, 4) is 0 Å². The average Bonchev–Trinajstić information content (AvgIpc) is 2.49. The third-order valence-electron chi connectivity index (χ3n) is 4.28. The van der Waals surface area contributed by atoms with E-state index in [1.807, 2.05) is 0 Å². The average molecular weight is 178 g/mol. The standard InChI is InChI=1S/C13H22/c1-10-8-9-13(11(10)2)12-6-4-3-5-7-12/h12-13H,3-9H2,1-2H3. The SMILES string of the molecule is CC1=C(C)C(C2CCCCC2)CC1. The predicted octanol–water partition coefficient (Wildman–Crippen LogP) is 4.31. The summed E-state index contributed by atoms with van der Waals surface area (Å²) >= 11 is 0. The lowest BCUT2D eigenvalue weighted by atomic mass is 9.77. The van der Waals surface area contributed by atoms with Crippen LogP contribution in [0.2, 0.25) is 0 Å². The Morgan fingerprint density at radius 3 is 2.15 bits per heavy atom. The Labute approximate surface area is 82.4 Å². The van der Waals surface area contributed by atoms with Crippen molar-refractivity contribution in [1.29, 1.82) is 0 Å². The van der Waals surface area contributed by atoms with Gasteiger partial charge in [0.25, 0.3) is 0 Å². The van der Waals surface area contributed by atoms with Crippen LogP contribution in [0.4, 0.5) is 0 Å². The summed E-state index contributed by atoms with van der Waals surface area (Å²) < 4.78 is 0. The second-order valence-corrected chi connectivity index (χ2v) is 5.01. The Bertz CT molecular complexity index is 206. The molecule has 2 rings (SSSR count). The van der Waals surface area contributed by atoms with Gasteiger partial charge in [-0.1, -0.05) is 30.4 Å². The fourth-order valence-corrected chi connectivity index (χ4v) is 3.23. The van der Waals surface area contributed by atoms with E-state index < -0.39 is 0 Å². The van der Waals surface area contributed by atoms with Gasteiger partial charge in [0.1, 0.15) is 0 Å². The molecule has 2 aliphatic rings. The van der Waals surface area contributed by atoms with Crippen molar-refractivity contribution in [3.63, 3.8) is 0 Å². The van der Waals surface area contributed by atoms with Gasteiger partial charge in [0.15, 0.2) is 0 Å². The normalized spacial score (nSPS) is 31.4. The number of allylic oxidation sites excluding steroid dienone is 2. The van der Waals surface area contributed by atoms with Crippen LogP contribution in [-0.4, -0.2) is 0 Å². The first-order valence-corrected chi connectivity index (χ1v) is 5.95. The molecule has 0 N–H and O–H groups in total. The quantitative estimate of drug-likeness (QED) is 0.525. The molecule has 1 saturated carbocycles. The van der Waals surface area contributed by atoms with Gasteiger partial charge in [-0.3, -0.25) is 0 Å². The molecule has 2 aliphatic carbocycles. The lowest BCUT2D eigenvalue weighted by Crippen LogP contribution is -2.16. The molecule has 0 spiro atoms. The topological polar surface area (TPSA) is 0 Å². The van der Waals surface area contributed by atoms with Crippen molar-refractivity contribution in [2.75, 3.05) is 0 Å². The molecule has 1 unspecified atom stereocenters. The fourth-order valence-electron chi connectivity index (χ4n) is 3.23. The fraction of sp³-hybridized carbons (Fsp3) is 0.846. The van der Waals surface area contributed by atoms with Crippen molar-refractivity contribution < 1.29 is 0 Å². The molecule has 0 bridgehead atoms. The minimum atomic E-state index is 0.972. The van der Waals surface area contributed by atoms with Gasteiger partial charge in [0.2, 0.25) is 0 Å². The Morgan fingerprint density at radius 1 is 0.923 bits per heavy atom. The van der Waals surface area contributed by atoms with Gasteiger partial charge in [0.05, 0.1) is 0 Å². The highest BCUT2D eigenvalue weighted by Gasteiger charge is 2.28. The summed E-state index contributed by atoms with van der Waals surface area (Å²) in [7, 11) is 0. The summed E-state index contributed by atoms with van der Waals surface area (Å²) in [4.78, 5) is 0. The Balaban J connectivity index is 2.00. The molecule has 0 radical (unpaired) electrons. The largest absolute Gasteiger partial charge is 0.0741 e. The van der Waals surface area contributed by atoms with Crippen molar-refractivity contribution in [1.82, 2.24) is 0 Å². The molecule has 0 nitrogen and oxygen atoms in total. The van der Waals surface area contributed by atoms with Crippen LogP contribution in [0.25, 0.3) is 0 Å². The highest BCUT2D eigenvalue weighted by molar-refractivity contribution is 5.19. The zero-order valence-electron chi connectivity index (χ0n) is 9.10. The monoisotopic (exact) mass is 178 g/mol. The van der Waals surface area contributed by atoms with E-state index in [-0.39, 0.29) is 0 Å². The lowest BCUT2D eigenvalue weighted by molar-refractivity contribution is 0.275. The van der Waals surface area contributed by atoms with Crippen LogP contribution in [0, 0.1) is 11.8 Å². The van der Waals surface area contributed by atoms with E-state index >= 15 is 0 Å². The van der Waals surface area contributed by atoms with Crippen molar-refractivity contribution in [2.45, 2.75) is 58.8 Å². The van der Waals surface area contributed by atoms with E-state index in [2.05, 4.69) is 13.8 Å². The number of hydrogen-bond acceptors (Lipinski definition) is 0. The number of hydrogen-bond donors (Lipinski definition) is 0. The first-order chi connectivity index (χ1) is 6.29. The molecule has 0 heteroatoms. The maximum atomic E-state index is 2.38. The lowest BCUT2D eigenvalue weighted by Gasteiger charge is -2.28. The van der Waals surface area contributed by atoms with Gasteiger partial charge in [-0.15, -0.1) is 0 Å². The highest BCUT2D eigenvalue weighted by atomic mass is 14.3. The van der Waals surface area contributed by atoms with E-state index in [0.29, 0.717) is 0 Å². The second kappa shape index (κ2) is 3.86. The Morgan fingerprint density at radius 2 is 1.62 bits per heavy atom. The molecular formula is C13H22. The van der Waals surface area contributed by atoms with Crippen molar-refractivity contribution in [3.05, 3.63) is 11.1 Å². The van der Waals surface area contributed by atoms with Crippen LogP contribution in [0.5, 0.6) is 0 Å². The molecule has 0 amide bonds. The highest BCUT2D eigenvalue weighted by Crippen LogP contribution is 2.42. The zero-order valence-corrected chi connectivity index (χ0v) is 9.10. The Kier molecular flexibility index (Phi) is 2.76. The molecule has 0 aromatic heterocycles. The van der Waals surface area contributed by atoms with Crippen LogP contribution >= 0.6 is 0 Å². The minimum Gasteiger partial charge on any atom is -0.0741 e. The predicted molar refractivity (Wildman–Crippen MR) is 57.7 cm³/mol. The molecule has 1 fully saturated rings. The Hall–Kier alpha value is -0.260.